The van der Waals surface area contributed by atoms with Crippen molar-refractivity contribution in [1.82, 2.24) is 15.2 Å². The van der Waals surface area contributed by atoms with E-state index in [1.807, 2.05) is 43.6 Å². The van der Waals surface area contributed by atoms with Gasteiger partial charge in [-0.05, 0) is 24.1 Å². The molecule has 1 amide bonds. The molecule has 0 saturated carbocycles. The smallest absolute Gasteiger partial charge is 0.241 e. The van der Waals surface area contributed by atoms with Gasteiger partial charge in [0.25, 0.3) is 0 Å². The summed E-state index contributed by atoms with van der Waals surface area (Å²) in [5.41, 5.74) is 2.19. The molecule has 1 aromatic heterocycles. The van der Waals surface area contributed by atoms with Gasteiger partial charge in [-0.3, -0.25) is 10.1 Å². The van der Waals surface area contributed by atoms with Gasteiger partial charge in [0, 0.05) is 13.2 Å². The first-order chi connectivity index (χ1) is 9.25. The molecule has 2 heterocycles. The molecule has 0 spiro atoms. The first-order valence-electron chi connectivity index (χ1n) is 6.45. The molecule has 2 N–H and O–H groups in total. The van der Waals surface area contributed by atoms with E-state index in [4.69, 9.17) is 0 Å². The Kier molecular flexibility index (Phi) is 3.09. The highest BCUT2D eigenvalue weighted by atomic mass is 16.2. The standard InChI is InChI=1S/C15H17N3O/c1-18-14(12-8-5-9-16-12)17-13(15(18)19)10-11-6-3-2-4-7-11/h2-9,13-14,16-17H,10H2,1H3/t13-,14-/m0/s1. The summed E-state index contributed by atoms with van der Waals surface area (Å²) in [6.45, 7) is 0. The molecule has 0 bridgehead atoms. The maximum Gasteiger partial charge on any atom is 0.241 e. The second-order valence-electron chi connectivity index (χ2n) is 4.89. The van der Waals surface area contributed by atoms with Crippen LogP contribution >= 0.6 is 0 Å². The first-order valence-corrected chi connectivity index (χ1v) is 6.45. The normalized spacial score (nSPS) is 23.0. The molecule has 0 unspecified atom stereocenters. The third-order valence-electron chi connectivity index (χ3n) is 3.59. The molecule has 0 aliphatic carbocycles. The predicted octanol–water partition coefficient (Wildman–Crippen LogP) is 1.69. The van der Waals surface area contributed by atoms with Crippen LogP contribution in [0.3, 0.4) is 0 Å². The fourth-order valence-corrected chi connectivity index (χ4v) is 2.56. The predicted molar refractivity (Wildman–Crippen MR) is 73.4 cm³/mol. The van der Waals surface area contributed by atoms with Crippen molar-refractivity contribution in [2.45, 2.75) is 18.6 Å². The van der Waals surface area contributed by atoms with Crippen molar-refractivity contribution in [3.05, 3.63) is 59.9 Å². The van der Waals surface area contributed by atoms with Crippen molar-refractivity contribution in [2.75, 3.05) is 7.05 Å². The first kappa shape index (κ1) is 12.0. The van der Waals surface area contributed by atoms with Crippen LogP contribution < -0.4 is 5.32 Å². The van der Waals surface area contributed by atoms with Crippen LogP contribution in [-0.4, -0.2) is 28.9 Å². The Hall–Kier alpha value is -2.07. The number of hydrogen-bond donors (Lipinski definition) is 2. The Morgan fingerprint density at radius 3 is 2.63 bits per heavy atom. The molecule has 1 aliphatic rings. The minimum absolute atomic E-state index is 0.0591. The van der Waals surface area contributed by atoms with E-state index >= 15 is 0 Å². The lowest BCUT2D eigenvalue weighted by molar-refractivity contribution is -0.128. The number of benzene rings is 1. The van der Waals surface area contributed by atoms with Gasteiger partial charge in [-0.15, -0.1) is 0 Å². The number of aromatic nitrogens is 1. The molecule has 4 heteroatoms. The van der Waals surface area contributed by atoms with Gasteiger partial charge in [0.05, 0.1) is 11.7 Å². The monoisotopic (exact) mass is 255 g/mol. The van der Waals surface area contributed by atoms with Crippen molar-refractivity contribution in [2.24, 2.45) is 0 Å². The molecular formula is C15H17N3O. The number of carbonyl (C=O) groups is 1. The average Bonchev–Trinajstić information content (AvgIpc) is 3.04. The van der Waals surface area contributed by atoms with E-state index in [-0.39, 0.29) is 18.1 Å². The van der Waals surface area contributed by atoms with Crippen LogP contribution in [-0.2, 0) is 11.2 Å². The molecule has 19 heavy (non-hydrogen) atoms. The van der Waals surface area contributed by atoms with Gasteiger partial charge in [0.15, 0.2) is 0 Å². The number of likely N-dealkylation sites (N-methyl/N-ethyl adjacent to an activating group) is 1. The van der Waals surface area contributed by atoms with E-state index in [9.17, 15) is 4.79 Å². The molecule has 1 aromatic carbocycles. The Balaban J connectivity index is 1.76. The minimum Gasteiger partial charge on any atom is -0.362 e. The summed E-state index contributed by atoms with van der Waals surface area (Å²) in [5.74, 6) is 0.142. The second kappa shape index (κ2) is 4.90. The molecular weight excluding hydrogens is 238 g/mol. The molecule has 0 radical (unpaired) electrons. The summed E-state index contributed by atoms with van der Waals surface area (Å²) in [5, 5.41) is 3.39. The van der Waals surface area contributed by atoms with E-state index < -0.39 is 0 Å². The van der Waals surface area contributed by atoms with Crippen molar-refractivity contribution in [3.63, 3.8) is 0 Å². The molecule has 1 aliphatic heterocycles. The summed E-state index contributed by atoms with van der Waals surface area (Å²) < 4.78 is 0. The van der Waals surface area contributed by atoms with E-state index in [0.29, 0.717) is 0 Å². The zero-order valence-corrected chi connectivity index (χ0v) is 10.8. The van der Waals surface area contributed by atoms with E-state index in [1.165, 1.54) is 5.56 Å². The molecule has 4 nitrogen and oxygen atoms in total. The number of aromatic amines is 1. The Morgan fingerprint density at radius 2 is 1.95 bits per heavy atom. The largest absolute Gasteiger partial charge is 0.362 e. The SMILES string of the molecule is CN1C(=O)[C@H](Cc2ccccc2)N[C@@H]1c1ccc[nH]1. The topological polar surface area (TPSA) is 48.1 Å². The van der Waals surface area contributed by atoms with Crippen LogP contribution in [0.5, 0.6) is 0 Å². The van der Waals surface area contributed by atoms with Gasteiger partial charge >= 0.3 is 0 Å². The maximum atomic E-state index is 12.3. The van der Waals surface area contributed by atoms with Crippen LogP contribution in [0.1, 0.15) is 17.4 Å². The number of hydrogen-bond acceptors (Lipinski definition) is 2. The van der Waals surface area contributed by atoms with Crippen LogP contribution in [0.25, 0.3) is 0 Å². The zero-order valence-electron chi connectivity index (χ0n) is 10.8. The molecule has 2 atom stereocenters. The fourth-order valence-electron chi connectivity index (χ4n) is 2.56. The third-order valence-corrected chi connectivity index (χ3v) is 3.59. The van der Waals surface area contributed by atoms with Gasteiger partial charge < -0.3 is 9.88 Å². The average molecular weight is 255 g/mol. The van der Waals surface area contributed by atoms with Crippen molar-refractivity contribution in [1.29, 1.82) is 0 Å². The minimum atomic E-state index is -0.152. The fraction of sp³-hybridized carbons (Fsp3) is 0.267. The lowest BCUT2D eigenvalue weighted by Crippen LogP contribution is -2.31. The summed E-state index contributed by atoms with van der Waals surface area (Å²) in [6.07, 6.45) is 2.54. The number of nitrogens with zero attached hydrogens (tertiary/aromatic N) is 1. The second-order valence-corrected chi connectivity index (χ2v) is 4.89. The maximum absolute atomic E-state index is 12.3. The summed E-state index contributed by atoms with van der Waals surface area (Å²) in [6, 6.07) is 13.9. The number of rotatable bonds is 3. The van der Waals surface area contributed by atoms with Crippen LogP contribution in [0.15, 0.2) is 48.7 Å². The van der Waals surface area contributed by atoms with E-state index in [0.717, 1.165) is 12.1 Å². The quantitative estimate of drug-likeness (QED) is 0.876. The highest BCUT2D eigenvalue weighted by molar-refractivity contribution is 5.84. The Bertz CT molecular complexity index is 550. The van der Waals surface area contributed by atoms with Gasteiger partial charge in [-0.2, -0.15) is 0 Å². The Labute approximate surface area is 112 Å². The highest BCUT2D eigenvalue weighted by Crippen LogP contribution is 2.23. The summed E-state index contributed by atoms with van der Waals surface area (Å²) >= 11 is 0. The molecule has 98 valence electrons. The number of amides is 1. The van der Waals surface area contributed by atoms with Gasteiger partial charge in [-0.25, -0.2) is 0 Å². The van der Waals surface area contributed by atoms with Crippen molar-refractivity contribution >= 4 is 5.91 Å². The molecule has 2 aromatic rings. The van der Waals surface area contributed by atoms with Crippen LogP contribution in [0.4, 0.5) is 0 Å². The summed E-state index contributed by atoms with van der Waals surface area (Å²) in [7, 11) is 1.84. The molecule has 1 saturated heterocycles. The van der Waals surface area contributed by atoms with Crippen molar-refractivity contribution in [3.8, 4) is 0 Å². The zero-order chi connectivity index (χ0) is 13.2. The van der Waals surface area contributed by atoms with Crippen molar-refractivity contribution < 1.29 is 4.79 Å². The highest BCUT2D eigenvalue weighted by Gasteiger charge is 2.37. The van der Waals surface area contributed by atoms with Crippen LogP contribution in [0, 0.1) is 0 Å². The van der Waals surface area contributed by atoms with Gasteiger partial charge in [0.2, 0.25) is 5.91 Å². The lowest BCUT2D eigenvalue weighted by Gasteiger charge is -2.17. The summed E-state index contributed by atoms with van der Waals surface area (Å²) in [4.78, 5) is 17.2. The third kappa shape index (κ3) is 2.27. The van der Waals surface area contributed by atoms with Gasteiger partial charge in [-0.1, -0.05) is 30.3 Å². The number of nitrogens with one attached hydrogen (secondary N) is 2. The number of carbonyl (C=O) groups excluding carboxylic acids is 1. The molecule has 3 rings (SSSR count). The number of H-pyrrole nitrogens is 1. The van der Waals surface area contributed by atoms with Crippen LogP contribution in [0.2, 0.25) is 0 Å². The molecule has 1 fully saturated rings. The van der Waals surface area contributed by atoms with E-state index in [1.54, 1.807) is 4.90 Å². The Morgan fingerprint density at radius 1 is 1.16 bits per heavy atom. The van der Waals surface area contributed by atoms with E-state index in [2.05, 4.69) is 22.4 Å². The van der Waals surface area contributed by atoms with Gasteiger partial charge in [0.1, 0.15) is 6.17 Å². The lowest BCUT2D eigenvalue weighted by atomic mass is 10.1.